The first-order valence-corrected chi connectivity index (χ1v) is 4.58. The second-order valence-corrected chi connectivity index (χ2v) is 3.62. The normalized spacial score (nSPS) is 18.2. The molecule has 0 rings (SSSR count). The zero-order valence-corrected chi connectivity index (χ0v) is 7.99. The lowest BCUT2D eigenvalue weighted by Gasteiger charge is -1.92. The lowest BCUT2D eigenvalue weighted by atomic mass is 10.9. The van der Waals surface area contributed by atoms with Gasteiger partial charge < -0.3 is 0 Å². The fourth-order valence-corrected chi connectivity index (χ4v) is 1.18. The van der Waals surface area contributed by atoms with Crippen LogP contribution in [0.3, 0.4) is 0 Å². The van der Waals surface area contributed by atoms with Gasteiger partial charge in [-0.15, -0.1) is 0 Å². The Bertz CT molecular complexity index is 105. The number of halogens is 2. The van der Waals surface area contributed by atoms with E-state index in [9.17, 15) is 4.57 Å². The molecule has 10 heavy (non-hydrogen) atoms. The first kappa shape index (κ1) is 10.6. The van der Waals surface area contributed by atoms with Crippen molar-refractivity contribution in [3.63, 3.8) is 0 Å². The Kier molecular flexibility index (Phi) is 5.59. The molecular weight excluding hydrogens is 198 g/mol. The van der Waals surface area contributed by atoms with Crippen LogP contribution in [0.5, 0.6) is 0 Å². The van der Waals surface area contributed by atoms with Crippen LogP contribution >= 0.6 is 31.5 Å². The molecule has 0 aliphatic carbocycles. The minimum absolute atomic E-state index is 0.626. The molecule has 60 valence electrons. The van der Waals surface area contributed by atoms with Crippen molar-refractivity contribution in [1.82, 2.24) is 0 Å². The fraction of sp³-hybridized carbons (Fsp3) is 1.00. The average Bonchev–Trinajstić information content (AvgIpc) is 1.58. The Morgan fingerprint density at radius 2 is 1.50 bits per heavy atom. The summed E-state index contributed by atoms with van der Waals surface area (Å²) in [6.45, 7) is 3.08. The summed E-state index contributed by atoms with van der Waals surface area (Å²) in [6.07, 6.45) is 0. The van der Waals surface area contributed by atoms with E-state index in [4.69, 9.17) is 23.2 Å². The molecule has 0 aliphatic rings. The topological polar surface area (TPSA) is 35.5 Å². The molecule has 2 atom stereocenters. The highest BCUT2D eigenvalue weighted by molar-refractivity contribution is 7.33. The summed E-state index contributed by atoms with van der Waals surface area (Å²) in [5.41, 5.74) is -1.25. The molecule has 0 saturated carbocycles. The van der Waals surface area contributed by atoms with Crippen LogP contribution in [0.1, 0.15) is 13.8 Å². The van der Waals surface area contributed by atoms with Crippen LogP contribution in [-0.4, -0.2) is 11.1 Å². The second kappa shape index (κ2) is 5.28. The Hall–Kier alpha value is 0.600. The van der Waals surface area contributed by atoms with E-state index in [0.29, 0.717) is 0 Å². The molecule has 0 amide bonds. The molecule has 0 aromatic rings. The van der Waals surface area contributed by atoms with Crippen molar-refractivity contribution >= 4 is 31.5 Å². The lowest BCUT2D eigenvalue weighted by molar-refractivity contribution is 0.210. The van der Waals surface area contributed by atoms with E-state index in [1.54, 1.807) is 0 Å². The quantitative estimate of drug-likeness (QED) is 0.523. The van der Waals surface area contributed by atoms with E-state index < -0.39 is 19.4 Å². The monoisotopic (exact) mass is 205 g/mol. The maximum absolute atomic E-state index is 10.6. The molecule has 0 saturated heterocycles. The zero-order chi connectivity index (χ0) is 8.15. The van der Waals surface area contributed by atoms with Crippen molar-refractivity contribution in [3.8, 4) is 0 Å². The molecule has 0 radical (unpaired) electrons. The molecule has 0 aromatic heterocycles. The molecule has 0 spiro atoms. The largest absolute Gasteiger partial charge is 0.700 e. The Morgan fingerprint density at radius 3 is 1.70 bits per heavy atom. The summed E-state index contributed by atoms with van der Waals surface area (Å²) < 4.78 is 19.7. The third kappa shape index (κ3) is 6.72. The summed E-state index contributed by atoms with van der Waals surface area (Å²) in [7, 11) is -2.17. The van der Waals surface area contributed by atoms with Gasteiger partial charge >= 0.3 is 8.25 Å². The number of hydrogen-bond acceptors (Lipinski definition) is 3. The van der Waals surface area contributed by atoms with Gasteiger partial charge in [-0.25, -0.2) is 0 Å². The van der Waals surface area contributed by atoms with Crippen LogP contribution in [-0.2, 0) is 13.6 Å². The van der Waals surface area contributed by atoms with Gasteiger partial charge in [-0.1, -0.05) is 32.2 Å². The van der Waals surface area contributed by atoms with Crippen molar-refractivity contribution in [2.24, 2.45) is 0 Å². The van der Waals surface area contributed by atoms with E-state index in [-0.39, 0.29) is 0 Å². The van der Waals surface area contributed by atoms with Crippen molar-refractivity contribution in [3.05, 3.63) is 0 Å². The number of alkyl halides is 2. The maximum Gasteiger partial charge on any atom is 0.700 e. The molecule has 0 aromatic carbocycles. The van der Waals surface area contributed by atoms with E-state index in [0.717, 1.165) is 0 Å². The van der Waals surface area contributed by atoms with Crippen LogP contribution in [0.2, 0.25) is 0 Å². The smallest absolute Gasteiger partial charge is 0.0998 e. The van der Waals surface area contributed by atoms with Crippen LogP contribution in [0.15, 0.2) is 0 Å². The molecule has 2 unspecified atom stereocenters. The van der Waals surface area contributed by atoms with Crippen LogP contribution < -0.4 is 0 Å². The second-order valence-electron chi connectivity index (χ2n) is 1.52. The fourth-order valence-electron chi connectivity index (χ4n) is 0.262. The van der Waals surface area contributed by atoms with Gasteiger partial charge in [-0.2, -0.15) is 0 Å². The Labute approximate surface area is 70.5 Å². The predicted octanol–water partition coefficient (Wildman–Crippen LogP) is 2.85. The van der Waals surface area contributed by atoms with Gasteiger partial charge in [0, 0.05) is 4.57 Å². The Balaban J connectivity index is 3.44. The van der Waals surface area contributed by atoms with Crippen LogP contribution in [0.4, 0.5) is 0 Å². The van der Waals surface area contributed by atoms with E-state index in [1.165, 1.54) is 13.8 Å². The van der Waals surface area contributed by atoms with Crippen molar-refractivity contribution in [2.75, 3.05) is 0 Å². The molecule has 6 heteroatoms. The molecule has 0 N–H and O–H groups in total. The maximum atomic E-state index is 10.6. The molecule has 3 nitrogen and oxygen atoms in total. The first-order valence-electron chi connectivity index (χ1n) is 2.61. The van der Waals surface area contributed by atoms with Crippen molar-refractivity contribution in [2.45, 2.75) is 25.0 Å². The molecule has 0 bridgehead atoms. The molecular formula is C4H8Cl2O3P+. The summed E-state index contributed by atoms with van der Waals surface area (Å²) in [5.74, 6) is 0. The summed E-state index contributed by atoms with van der Waals surface area (Å²) in [5, 5.41) is 0. The minimum Gasteiger partial charge on any atom is -0.0998 e. The van der Waals surface area contributed by atoms with Crippen LogP contribution in [0, 0.1) is 0 Å². The predicted molar refractivity (Wildman–Crippen MR) is 40.4 cm³/mol. The summed E-state index contributed by atoms with van der Waals surface area (Å²) in [4.78, 5) is 0. The van der Waals surface area contributed by atoms with Gasteiger partial charge in [0.2, 0.25) is 0 Å². The number of hydrogen-bond donors (Lipinski definition) is 0. The van der Waals surface area contributed by atoms with Gasteiger partial charge in [0.05, 0.1) is 0 Å². The van der Waals surface area contributed by atoms with Crippen LogP contribution in [0.25, 0.3) is 0 Å². The highest BCUT2D eigenvalue weighted by atomic mass is 35.5. The number of rotatable bonds is 4. The summed E-state index contributed by atoms with van der Waals surface area (Å²) in [6, 6.07) is 0. The molecule has 0 heterocycles. The van der Waals surface area contributed by atoms with Crippen molar-refractivity contribution in [1.29, 1.82) is 0 Å². The van der Waals surface area contributed by atoms with Gasteiger partial charge in [-0.3, -0.25) is 0 Å². The SMILES string of the molecule is CC(Cl)O[P+](=O)OC(C)Cl. The van der Waals surface area contributed by atoms with E-state index >= 15 is 0 Å². The van der Waals surface area contributed by atoms with E-state index in [2.05, 4.69) is 9.05 Å². The molecule has 0 aliphatic heterocycles. The zero-order valence-electron chi connectivity index (χ0n) is 5.58. The van der Waals surface area contributed by atoms with Gasteiger partial charge in [0.25, 0.3) is 0 Å². The average molecular weight is 206 g/mol. The van der Waals surface area contributed by atoms with Gasteiger partial charge in [0.15, 0.2) is 11.1 Å². The van der Waals surface area contributed by atoms with Gasteiger partial charge in [-0.05, 0) is 13.8 Å². The standard InChI is InChI=1S/C4H8Cl2O3P/c1-3(5)8-10(7)9-4(2)6/h3-4H,1-2H3/q+1. The van der Waals surface area contributed by atoms with E-state index in [1.807, 2.05) is 0 Å². The minimum atomic E-state index is -2.17. The summed E-state index contributed by atoms with van der Waals surface area (Å²) >= 11 is 10.7. The van der Waals surface area contributed by atoms with Crippen molar-refractivity contribution < 1.29 is 13.6 Å². The lowest BCUT2D eigenvalue weighted by Crippen LogP contribution is -1.96. The molecule has 0 fully saturated rings. The van der Waals surface area contributed by atoms with Gasteiger partial charge in [0.1, 0.15) is 0 Å². The first-order chi connectivity index (χ1) is 4.52. The third-order valence-corrected chi connectivity index (χ3v) is 1.87. The third-order valence-electron chi connectivity index (χ3n) is 0.463. The highest BCUT2D eigenvalue weighted by Gasteiger charge is 2.25. The Morgan fingerprint density at radius 1 is 1.20 bits per heavy atom. The highest BCUT2D eigenvalue weighted by Crippen LogP contribution is 2.29.